The van der Waals surface area contributed by atoms with Crippen molar-refractivity contribution in [2.75, 3.05) is 20.3 Å². The molecule has 0 spiro atoms. The maximum Gasteiger partial charge on any atom is 0.351 e. The average Bonchev–Trinajstić information content (AvgIpc) is 3.30. The van der Waals surface area contributed by atoms with Gasteiger partial charge in [-0.3, -0.25) is 4.79 Å². The van der Waals surface area contributed by atoms with Crippen LogP contribution in [0, 0.1) is 19.7 Å². The molecule has 29 heavy (non-hydrogen) atoms. The Kier molecular flexibility index (Phi) is 6.43. The highest BCUT2D eigenvalue weighted by molar-refractivity contribution is 6.04. The quantitative estimate of drug-likeness (QED) is 0.501. The van der Waals surface area contributed by atoms with E-state index in [1.807, 2.05) is 18.4 Å². The summed E-state index contributed by atoms with van der Waals surface area (Å²) >= 11 is 0. The van der Waals surface area contributed by atoms with Gasteiger partial charge in [-0.1, -0.05) is 17.3 Å². The van der Waals surface area contributed by atoms with Crippen LogP contribution in [0.4, 0.5) is 4.39 Å². The monoisotopic (exact) mass is 402 g/mol. The lowest BCUT2D eigenvalue weighted by Crippen LogP contribution is -2.26. The molecule has 2 aromatic rings. The number of rotatable bonds is 8. The number of hydrogen-bond donors (Lipinski definition) is 0. The van der Waals surface area contributed by atoms with Gasteiger partial charge in [0.25, 0.3) is 0 Å². The number of carbonyl (C=O) groups excluding carboxylic acids is 2. The van der Waals surface area contributed by atoms with E-state index in [1.54, 1.807) is 25.3 Å². The van der Waals surface area contributed by atoms with Crippen LogP contribution in [0.25, 0.3) is 0 Å². The van der Waals surface area contributed by atoms with Crippen LogP contribution in [0.15, 0.2) is 35.5 Å². The third kappa shape index (κ3) is 4.71. The van der Waals surface area contributed by atoms with Gasteiger partial charge in [-0.25, -0.2) is 9.18 Å². The molecule has 2 heterocycles. The van der Waals surface area contributed by atoms with Gasteiger partial charge in [-0.15, -0.1) is 0 Å². The first-order chi connectivity index (χ1) is 13.9. The van der Waals surface area contributed by atoms with Crippen molar-refractivity contribution in [1.29, 1.82) is 0 Å². The number of benzene rings is 1. The Morgan fingerprint density at radius 3 is 2.83 bits per heavy atom. The minimum Gasteiger partial charge on any atom is -0.454 e. The number of ketones is 1. The summed E-state index contributed by atoms with van der Waals surface area (Å²) in [5.74, 6) is -1.37. The van der Waals surface area contributed by atoms with E-state index in [2.05, 4.69) is 5.16 Å². The number of hydrogen-bond acceptors (Lipinski definition) is 6. The number of oxime groups is 1. The number of aromatic nitrogens is 1. The maximum atomic E-state index is 13.3. The van der Waals surface area contributed by atoms with E-state index in [0.29, 0.717) is 30.0 Å². The fourth-order valence-electron chi connectivity index (χ4n) is 3.26. The maximum absolute atomic E-state index is 13.3. The van der Waals surface area contributed by atoms with E-state index in [1.165, 1.54) is 12.1 Å². The van der Waals surface area contributed by atoms with Crippen molar-refractivity contribution in [3.8, 4) is 0 Å². The molecule has 8 heteroatoms. The van der Waals surface area contributed by atoms with Crippen molar-refractivity contribution in [3.05, 3.63) is 58.7 Å². The minimum atomic E-state index is -0.949. The predicted molar refractivity (Wildman–Crippen MR) is 103 cm³/mol. The average molecular weight is 402 g/mol. The second kappa shape index (κ2) is 9.00. The van der Waals surface area contributed by atoms with Crippen LogP contribution >= 0.6 is 0 Å². The lowest BCUT2D eigenvalue weighted by molar-refractivity contribution is -0.154. The molecule has 3 rings (SSSR count). The van der Waals surface area contributed by atoms with Crippen molar-refractivity contribution < 1.29 is 28.3 Å². The Morgan fingerprint density at radius 1 is 1.31 bits per heavy atom. The highest BCUT2D eigenvalue weighted by Gasteiger charge is 2.31. The number of halogens is 1. The summed E-state index contributed by atoms with van der Waals surface area (Å²) in [7, 11) is 1.62. The zero-order valence-electron chi connectivity index (χ0n) is 16.6. The number of Topliss-reactive ketones (excluding diaryl/α,β-unsaturated/α-hetero) is 1. The highest BCUT2D eigenvalue weighted by Crippen LogP contribution is 2.19. The van der Waals surface area contributed by atoms with Crippen molar-refractivity contribution in [2.24, 2.45) is 5.16 Å². The summed E-state index contributed by atoms with van der Waals surface area (Å²) in [5, 5.41) is 3.84. The normalized spacial score (nSPS) is 15.7. The highest BCUT2D eigenvalue weighted by atomic mass is 19.1. The van der Waals surface area contributed by atoms with E-state index in [-0.39, 0.29) is 18.8 Å². The van der Waals surface area contributed by atoms with Crippen LogP contribution in [0.3, 0.4) is 0 Å². The summed E-state index contributed by atoms with van der Waals surface area (Å²) in [6.45, 7) is 4.53. The molecule has 7 nitrogen and oxygen atoms in total. The minimum absolute atomic E-state index is 0.155. The van der Waals surface area contributed by atoms with Gasteiger partial charge in [0.15, 0.2) is 6.61 Å². The summed E-state index contributed by atoms with van der Waals surface area (Å²) in [6.07, 6.45) is -0.794. The van der Waals surface area contributed by atoms with Gasteiger partial charge in [0.2, 0.25) is 11.9 Å². The molecule has 1 aliphatic rings. The number of nitrogens with zero attached hydrogens (tertiary/aromatic N) is 2. The Hall–Kier alpha value is -3.00. The van der Waals surface area contributed by atoms with Gasteiger partial charge < -0.3 is 18.9 Å². The summed E-state index contributed by atoms with van der Waals surface area (Å²) in [5.41, 5.74) is 3.24. The molecule has 0 N–H and O–H groups in total. The zero-order chi connectivity index (χ0) is 21.0. The van der Waals surface area contributed by atoms with E-state index in [9.17, 15) is 14.0 Å². The topological polar surface area (TPSA) is 79.1 Å². The molecule has 0 radical (unpaired) electrons. The van der Waals surface area contributed by atoms with E-state index in [4.69, 9.17) is 14.3 Å². The number of carbonyl (C=O) groups is 2. The number of methoxy groups -OCH3 is 1. The number of aryl methyl sites for hydroxylation is 1. The molecule has 0 bridgehead atoms. The lowest BCUT2D eigenvalue weighted by Gasteiger charge is -2.10. The second-order valence-electron chi connectivity index (χ2n) is 6.81. The van der Waals surface area contributed by atoms with Crippen LogP contribution in [0.1, 0.15) is 33.7 Å². The SMILES string of the molecule is COCCn1c(C)cc(C(=O)COC(=O)C2CC(c3cccc(F)c3)=NO2)c1C. The number of ether oxygens (including phenoxy) is 2. The largest absolute Gasteiger partial charge is 0.454 e. The van der Waals surface area contributed by atoms with Crippen molar-refractivity contribution in [3.63, 3.8) is 0 Å². The fourth-order valence-corrected chi connectivity index (χ4v) is 3.26. The fraction of sp³-hybridized carbons (Fsp3) is 0.381. The van der Waals surface area contributed by atoms with E-state index in [0.717, 1.165) is 11.4 Å². The molecule has 1 unspecified atom stereocenters. The van der Waals surface area contributed by atoms with E-state index >= 15 is 0 Å². The molecule has 1 aromatic carbocycles. The van der Waals surface area contributed by atoms with Crippen LogP contribution in [-0.4, -0.2) is 48.5 Å². The first kappa shape index (κ1) is 20.7. The lowest BCUT2D eigenvalue weighted by atomic mass is 10.1. The third-order valence-electron chi connectivity index (χ3n) is 4.83. The van der Waals surface area contributed by atoms with Crippen LogP contribution in [0.2, 0.25) is 0 Å². The molecule has 0 saturated carbocycles. The Labute approximate surface area is 168 Å². The smallest absolute Gasteiger partial charge is 0.351 e. The van der Waals surface area contributed by atoms with Gasteiger partial charge in [0.05, 0.1) is 12.3 Å². The van der Waals surface area contributed by atoms with Gasteiger partial charge in [-0.05, 0) is 32.0 Å². The Morgan fingerprint density at radius 2 is 2.10 bits per heavy atom. The summed E-state index contributed by atoms with van der Waals surface area (Å²) in [6, 6.07) is 7.66. The first-order valence-corrected chi connectivity index (χ1v) is 9.25. The van der Waals surface area contributed by atoms with Crippen LogP contribution in [0.5, 0.6) is 0 Å². The van der Waals surface area contributed by atoms with Crippen LogP contribution in [-0.2, 0) is 25.7 Å². The molecule has 1 atom stereocenters. The molecule has 0 fully saturated rings. The second-order valence-corrected chi connectivity index (χ2v) is 6.81. The standard InChI is InChI=1S/C21H23FN2O5/c1-13-9-17(14(2)24(13)7-8-27-3)19(25)12-28-21(26)20-11-18(23-29-20)15-5-4-6-16(22)10-15/h4-6,9-10,20H,7-8,11-12H2,1-3H3. The molecule has 0 aliphatic carbocycles. The molecule has 154 valence electrons. The van der Waals surface area contributed by atoms with Crippen LogP contribution < -0.4 is 0 Å². The summed E-state index contributed by atoms with van der Waals surface area (Å²) in [4.78, 5) is 29.9. The summed E-state index contributed by atoms with van der Waals surface area (Å²) < 4.78 is 25.6. The van der Waals surface area contributed by atoms with Gasteiger partial charge in [0, 0.05) is 42.6 Å². The molecule has 1 aromatic heterocycles. The zero-order valence-corrected chi connectivity index (χ0v) is 16.6. The molecule has 0 amide bonds. The molecular weight excluding hydrogens is 379 g/mol. The van der Waals surface area contributed by atoms with Gasteiger partial charge in [0.1, 0.15) is 5.82 Å². The first-order valence-electron chi connectivity index (χ1n) is 9.25. The third-order valence-corrected chi connectivity index (χ3v) is 4.83. The molecular formula is C21H23FN2O5. The van der Waals surface area contributed by atoms with E-state index < -0.39 is 17.9 Å². The Balaban J connectivity index is 1.56. The molecule has 0 saturated heterocycles. The molecule has 1 aliphatic heterocycles. The predicted octanol–water partition coefficient (Wildman–Crippen LogP) is 2.81. The number of esters is 1. The van der Waals surface area contributed by atoms with Crippen molar-refractivity contribution in [2.45, 2.75) is 32.9 Å². The Bertz CT molecular complexity index is 951. The van der Waals surface area contributed by atoms with Crippen molar-refractivity contribution >= 4 is 17.5 Å². The van der Waals surface area contributed by atoms with Gasteiger partial charge >= 0.3 is 5.97 Å². The van der Waals surface area contributed by atoms with Crippen molar-refractivity contribution in [1.82, 2.24) is 4.57 Å². The van der Waals surface area contributed by atoms with Gasteiger partial charge in [-0.2, -0.15) is 0 Å².